The number of thiophene rings is 1. The van der Waals surface area contributed by atoms with Crippen LogP contribution in [-0.2, 0) is 19.1 Å². The third-order valence-electron chi connectivity index (χ3n) is 4.99. The van der Waals surface area contributed by atoms with Gasteiger partial charge in [-0.15, -0.1) is 11.3 Å². The van der Waals surface area contributed by atoms with Crippen LogP contribution in [0.3, 0.4) is 0 Å². The van der Waals surface area contributed by atoms with Gasteiger partial charge in [-0.25, -0.2) is 14.4 Å². The van der Waals surface area contributed by atoms with Crippen molar-refractivity contribution in [1.82, 2.24) is 10.6 Å². The molecular weight excluding hydrogens is 444 g/mol. The lowest BCUT2D eigenvalue weighted by atomic mass is 10.0. The first-order valence-electron chi connectivity index (χ1n) is 10.7. The van der Waals surface area contributed by atoms with Crippen molar-refractivity contribution in [3.63, 3.8) is 0 Å². The van der Waals surface area contributed by atoms with Gasteiger partial charge in [0.2, 0.25) is 0 Å². The third-order valence-corrected chi connectivity index (χ3v) is 5.93. The van der Waals surface area contributed by atoms with E-state index in [0.717, 1.165) is 16.0 Å². The van der Waals surface area contributed by atoms with Gasteiger partial charge in [0.1, 0.15) is 12.4 Å². The van der Waals surface area contributed by atoms with Crippen LogP contribution in [0.2, 0.25) is 0 Å². The molecule has 3 rings (SSSR count). The van der Waals surface area contributed by atoms with E-state index in [2.05, 4.69) is 10.6 Å². The summed E-state index contributed by atoms with van der Waals surface area (Å²) in [5.41, 5.74) is 2.39. The Balaban J connectivity index is 1.74. The fourth-order valence-electron chi connectivity index (χ4n) is 3.43. The summed E-state index contributed by atoms with van der Waals surface area (Å²) in [4.78, 5) is 38.1. The van der Waals surface area contributed by atoms with Gasteiger partial charge in [-0.05, 0) is 48.4 Å². The smallest absolute Gasteiger partial charge is 0.344 e. The maximum Gasteiger partial charge on any atom is 0.344 e. The molecule has 1 aromatic heterocycles. The molecule has 1 aromatic carbocycles. The number of ether oxygens (including phenoxy) is 3. The Bertz CT molecular complexity index is 1050. The molecule has 0 spiro atoms. The number of carbonyl (C=O) groups excluding carboxylic acids is 3. The Kier molecular flexibility index (Phi) is 8.11. The van der Waals surface area contributed by atoms with Crippen molar-refractivity contribution in [2.45, 2.75) is 39.7 Å². The first kappa shape index (κ1) is 24.3. The highest BCUT2D eigenvalue weighted by atomic mass is 32.1. The van der Waals surface area contributed by atoms with E-state index < -0.39 is 24.0 Å². The van der Waals surface area contributed by atoms with Gasteiger partial charge < -0.3 is 24.8 Å². The molecule has 2 N–H and O–H groups in total. The van der Waals surface area contributed by atoms with E-state index in [0.29, 0.717) is 5.75 Å². The summed E-state index contributed by atoms with van der Waals surface area (Å²) in [5, 5.41) is 7.15. The average molecular weight is 473 g/mol. The molecule has 1 aliphatic rings. The predicted molar refractivity (Wildman–Crippen MR) is 124 cm³/mol. The maximum absolute atomic E-state index is 12.7. The second-order valence-corrected chi connectivity index (χ2v) is 8.78. The largest absolute Gasteiger partial charge is 0.482 e. The monoisotopic (exact) mass is 472 g/mol. The van der Waals surface area contributed by atoms with Gasteiger partial charge in [-0.3, -0.25) is 0 Å². The summed E-state index contributed by atoms with van der Waals surface area (Å²) in [7, 11) is 0. The number of hydrogen-bond acceptors (Lipinski definition) is 7. The molecule has 8 nitrogen and oxygen atoms in total. The molecule has 9 heteroatoms. The minimum atomic E-state index is -0.691. The van der Waals surface area contributed by atoms with Gasteiger partial charge in [0.15, 0.2) is 6.61 Å². The van der Waals surface area contributed by atoms with E-state index in [9.17, 15) is 14.4 Å². The third kappa shape index (κ3) is 6.13. The second-order valence-electron chi connectivity index (χ2n) is 7.80. The zero-order chi connectivity index (χ0) is 24.0. The Hall–Kier alpha value is -3.33. The lowest BCUT2D eigenvalue weighted by Crippen LogP contribution is -2.47. The molecule has 1 aliphatic heterocycles. The standard InChI is InChI=1S/C24H28N2O6S/c1-5-30-23(28)21-17(25-24(29)26-22(21)19-7-6-10-33-19)12-32-20(27)13-31-18-11-15(4)8-9-16(18)14(2)3/h6-11,14,22H,5,12-13H2,1-4H3,(H2,25,26,29). The van der Waals surface area contributed by atoms with Crippen LogP contribution in [0.4, 0.5) is 4.79 Å². The summed E-state index contributed by atoms with van der Waals surface area (Å²) in [6.45, 7) is 7.31. The van der Waals surface area contributed by atoms with Crippen molar-refractivity contribution in [2.75, 3.05) is 19.8 Å². The van der Waals surface area contributed by atoms with Crippen molar-refractivity contribution in [3.8, 4) is 5.75 Å². The highest BCUT2D eigenvalue weighted by Gasteiger charge is 2.34. The normalized spacial score (nSPS) is 15.7. The molecule has 2 aromatic rings. The Morgan fingerprint density at radius 1 is 1.18 bits per heavy atom. The lowest BCUT2D eigenvalue weighted by Gasteiger charge is -2.28. The number of rotatable bonds is 9. The van der Waals surface area contributed by atoms with Crippen LogP contribution in [0.25, 0.3) is 0 Å². The Morgan fingerprint density at radius 2 is 1.97 bits per heavy atom. The maximum atomic E-state index is 12.7. The number of aryl methyl sites for hydroxylation is 1. The highest BCUT2D eigenvalue weighted by molar-refractivity contribution is 7.10. The van der Waals surface area contributed by atoms with Gasteiger partial charge in [0.25, 0.3) is 0 Å². The summed E-state index contributed by atoms with van der Waals surface area (Å²) < 4.78 is 16.2. The molecule has 33 heavy (non-hydrogen) atoms. The number of esters is 2. The van der Waals surface area contributed by atoms with E-state index in [4.69, 9.17) is 14.2 Å². The quantitative estimate of drug-likeness (QED) is 0.536. The first-order valence-corrected chi connectivity index (χ1v) is 11.6. The van der Waals surface area contributed by atoms with Gasteiger partial charge >= 0.3 is 18.0 Å². The van der Waals surface area contributed by atoms with Crippen molar-refractivity contribution in [2.24, 2.45) is 0 Å². The zero-order valence-electron chi connectivity index (χ0n) is 19.1. The Labute approximate surface area is 196 Å². The minimum absolute atomic E-state index is 0.170. The number of nitrogens with one attached hydrogen (secondary N) is 2. The summed E-state index contributed by atoms with van der Waals surface area (Å²) in [6, 6.07) is 8.30. The second kappa shape index (κ2) is 11.0. The van der Waals surface area contributed by atoms with Crippen molar-refractivity contribution in [3.05, 3.63) is 63.0 Å². The number of carbonyl (C=O) groups is 3. The lowest BCUT2D eigenvalue weighted by molar-refractivity contribution is -0.145. The van der Waals surface area contributed by atoms with Crippen LogP contribution in [0.5, 0.6) is 5.75 Å². The van der Waals surface area contributed by atoms with E-state index in [1.165, 1.54) is 11.3 Å². The number of amides is 2. The average Bonchev–Trinajstić information content (AvgIpc) is 3.30. The van der Waals surface area contributed by atoms with Crippen LogP contribution in [-0.4, -0.2) is 37.8 Å². The molecule has 2 heterocycles. The molecule has 0 saturated carbocycles. The molecular formula is C24H28N2O6S. The SMILES string of the molecule is CCOC(=O)C1=C(COC(=O)COc2cc(C)ccc2C(C)C)NC(=O)NC1c1cccs1. The molecule has 1 atom stereocenters. The fourth-order valence-corrected chi connectivity index (χ4v) is 4.21. The molecule has 0 radical (unpaired) electrons. The summed E-state index contributed by atoms with van der Waals surface area (Å²) in [6.07, 6.45) is 0. The summed E-state index contributed by atoms with van der Waals surface area (Å²) >= 11 is 1.40. The van der Waals surface area contributed by atoms with Gasteiger partial charge in [-0.1, -0.05) is 32.0 Å². The van der Waals surface area contributed by atoms with Gasteiger partial charge in [0, 0.05) is 4.88 Å². The van der Waals surface area contributed by atoms with Crippen LogP contribution in [0.15, 0.2) is 47.0 Å². The molecule has 2 amide bonds. The van der Waals surface area contributed by atoms with E-state index in [1.54, 1.807) is 6.92 Å². The molecule has 176 valence electrons. The van der Waals surface area contributed by atoms with Crippen LogP contribution >= 0.6 is 11.3 Å². The topological polar surface area (TPSA) is 103 Å². The Morgan fingerprint density at radius 3 is 2.64 bits per heavy atom. The predicted octanol–water partition coefficient (Wildman–Crippen LogP) is 3.97. The molecule has 0 fully saturated rings. The minimum Gasteiger partial charge on any atom is -0.482 e. The number of hydrogen-bond donors (Lipinski definition) is 2. The molecule has 0 bridgehead atoms. The van der Waals surface area contributed by atoms with E-state index in [1.807, 2.05) is 56.5 Å². The molecule has 1 unspecified atom stereocenters. The highest BCUT2D eigenvalue weighted by Crippen LogP contribution is 2.31. The van der Waals surface area contributed by atoms with Crippen LogP contribution in [0, 0.1) is 6.92 Å². The summed E-state index contributed by atoms with van der Waals surface area (Å²) in [5.74, 6) is -0.358. The van der Waals surface area contributed by atoms with E-state index >= 15 is 0 Å². The van der Waals surface area contributed by atoms with E-state index in [-0.39, 0.29) is 37.0 Å². The van der Waals surface area contributed by atoms with Crippen LogP contribution in [0.1, 0.15) is 48.7 Å². The zero-order valence-corrected chi connectivity index (χ0v) is 19.9. The fraction of sp³-hybridized carbons (Fsp3) is 0.375. The number of benzene rings is 1. The number of urea groups is 1. The van der Waals surface area contributed by atoms with Gasteiger partial charge in [-0.2, -0.15) is 0 Å². The molecule has 0 saturated heterocycles. The van der Waals surface area contributed by atoms with Gasteiger partial charge in [0.05, 0.1) is 23.9 Å². The first-order chi connectivity index (χ1) is 15.8. The van der Waals surface area contributed by atoms with Crippen molar-refractivity contribution >= 4 is 29.3 Å². The van der Waals surface area contributed by atoms with Crippen molar-refractivity contribution in [1.29, 1.82) is 0 Å². The molecule has 0 aliphatic carbocycles. The van der Waals surface area contributed by atoms with Crippen LogP contribution < -0.4 is 15.4 Å². The van der Waals surface area contributed by atoms with Crippen molar-refractivity contribution < 1.29 is 28.6 Å².